The van der Waals surface area contributed by atoms with Crippen molar-refractivity contribution < 1.29 is 47.1 Å². The molecule has 0 fully saturated rings. The van der Waals surface area contributed by atoms with E-state index in [0.29, 0.717) is 35.8 Å². The van der Waals surface area contributed by atoms with Gasteiger partial charge in [-0.25, -0.2) is 4.67 Å². The van der Waals surface area contributed by atoms with E-state index in [0.717, 1.165) is 33.4 Å². The van der Waals surface area contributed by atoms with Gasteiger partial charge in [0.05, 0.1) is 47.5 Å². The molecule has 15 heteroatoms. The summed E-state index contributed by atoms with van der Waals surface area (Å²) in [6.07, 6.45) is 0.611. The van der Waals surface area contributed by atoms with Crippen LogP contribution in [0.1, 0.15) is 93.2 Å². The van der Waals surface area contributed by atoms with Crippen LogP contribution in [0.2, 0.25) is 0 Å². The van der Waals surface area contributed by atoms with Crippen molar-refractivity contribution in [2.45, 2.75) is 89.2 Å². The number of benzene rings is 6. The third kappa shape index (κ3) is 15.9. The number of nitriles is 1. The number of rotatable bonds is 32. The minimum atomic E-state index is -1.71. The summed E-state index contributed by atoms with van der Waals surface area (Å²) < 4.78 is 51.1. The van der Waals surface area contributed by atoms with Gasteiger partial charge in [-0.15, -0.1) is 0 Å². The summed E-state index contributed by atoms with van der Waals surface area (Å²) in [7, 11) is 4.83. The van der Waals surface area contributed by atoms with Crippen molar-refractivity contribution in [3.05, 3.63) is 191 Å². The van der Waals surface area contributed by atoms with E-state index in [1.807, 2.05) is 158 Å². The van der Waals surface area contributed by atoms with Gasteiger partial charge in [-0.1, -0.05) is 109 Å². The lowest BCUT2D eigenvalue weighted by molar-refractivity contribution is -0.122. The Kier molecular flexibility index (Phi) is 23.3. The number of methoxy groups -OCH3 is 4. The minimum absolute atomic E-state index is 0.0331. The molecule has 0 saturated heterocycles. The van der Waals surface area contributed by atoms with Crippen molar-refractivity contribution in [1.82, 2.24) is 15.3 Å². The number of carbonyl (C=O) groups excluding carboxylic acids is 2. The van der Waals surface area contributed by atoms with Crippen LogP contribution in [0, 0.1) is 11.3 Å². The van der Waals surface area contributed by atoms with Crippen molar-refractivity contribution in [3.63, 3.8) is 0 Å². The smallest absolute Gasteiger partial charge is 0.259 e. The SMILES string of the molecule is COc1ccc(C(OCCCC(=O)NCC(CNC(=O)CCCOC(c2ccccc2)(c2ccc(OC)cc2)c2ccc(OC)cc2)OP(OCCC#N)N(C(C)C)C(C)C)(c2ccccc2)c2ccc(OC)cc2)cc1. The molecule has 1 atom stereocenters. The Balaban J connectivity index is 1.16. The Morgan fingerprint density at radius 2 is 0.831 bits per heavy atom. The van der Waals surface area contributed by atoms with Crippen LogP contribution in [0.25, 0.3) is 0 Å². The number of hydrogen-bond donors (Lipinski definition) is 2. The Labute approximate surface area is 456 Å². The van der Waals surface area contributed by atoms with Gasteiger partial charge in [0, 0.05) is 51.2 Å². The molecule has 0 aromatic heterocycles. The fourth-order valence-corrected chi connectivity index (χ4v) is 11.0. The summed E-state index contributed by atoms with van der Waals surface area (Å²) >= 11 is 0. The molecule has 0 radical (unpaired) electrons. The fourth-order valence-electron chi connectivity index (χ4n) is 9.27. The summed E-state index contributed by atoms with van der Waals surface area (Å²) in [5.74, 6) is 2.45. The second-order valence-electron chi connectivity index (χ2n) is 18.8. The highest BCUT2D eigenvalue weighted by atomic mass is 31.2. The topological polar surface area (TPSA) is 159 Å². The zero-order chi connectivity index (χ0) is 55.0. The van der Waals surface area contributed by atoms with E-state index >= 15 is 0 Å². The van der Waals surface area contributed by atoms with Crippen LogP contribution < -0.4 is 29.6 Å². The molecule has 0 aliphatic carbocycles. The van der Waals surface area contributed by atoms with Gasteiger partial charge in [-0.05, 0) is 122 Å². The quantitative estimate of drug-likeness (QED) is 0.0234. The lowest BCUT2D eigenvalue weighted by atomic mass is 9.80. The number of carbonyl (C=O) groups is 2. The number of hydrogen-bond acceptors (Lipinski definition) is 12. The summed E-state index contributed by atoms with van der Waals surface area (Å²) in [6.45, 7) is 9.04. The van der Waals surface area contributed by atoms with Crippen molar-refractivity contribution >= 4 is 20.3 Å². The Bertz CT molecular complexity index is 2450. The molecule has 408 valence electrons. The van der Waals surface area contributed by atoms with E-state index in [4.69, 9.17) is 37.5 Å². The van der Waals surface area contributed by atoms with E-state index in [1.165, 1.54) is 0 Å². The van der Waals surface area contributed by atoms with E-state index in [9.17, 15) is 14.9 Å². The first-order chi connectivity index (χ1) is 37.4. The molecule has 6 aromatic carbocycles. The Morgan fingerprint density at radius 3 is 1.13 bits per heavy atom. The molecule has 0 heterocycles. The van der Waals surface area contributed by atoms with Crippen molar-refractivity contribution in [2.75, 3.05) is 61.3 Å². The Hall–Kier alpha value is -6.82. The maximum atomic E-state index is 13.8. The van der Waals surface area contributed by atoms with Crippen LogP contribution in [0.4, 0.5) is 0 Å². The molecule has 2 N–H and O–H groups in total. The molecule has 1 unspecified atom stereocenters. The van der Waals surface area contributed by atoms with Crippen LogP contribution in [-0.4, -0.2) is 96.0 Å². The highest BCUT2D eigenvalue weighted by Crippen LogP contribution is 2.47. The van der Waals surface area contributed by atoms with Crippen LogP contribution in [0.15, 0.2) is 158 Å². The molecular weight excluding hydrogens is 992 g/mol. The highest BCUT2D eigenvalue weighted by Gasteiger charge is 2.39. The molecule has 0 bridgehead atoms. The molecular formula is C62H75N4O10P. The predicted octanol–water partition coefficient (Wildman–Crippen LogP) is 11.5. The molecule has 0 aliphatic rings. The van der Waals surface area contributed by atoms with Crippen LogP contribution >= 0.6 is 8.53 Å². The first kappa shape index (κ1) is 59.4. The average Bonchev–Trinajstić information content (AvgIpc) is 3.47. The van der Waals surface area contributed by atoms with E-state index < -0.39 is 25.8 Å². The lowest BCUT2D eigenvalue weighted by Gasteiger charge is -2.37. The maximum Gasteiger partial charge on any atom is 0.259 e. The second kappa shape index (κ2) is 30.2. The first-order valence-corrected chi connectivity index (χ1v) is 27.3. The molecule has 6 rings (SSSR count). The monoisotopic (exact) mass is 1070 g/mol. The molecule has 14 nitrogen and oxygen atoms in total. The molecule has 77 heavy (non-hydrogen) atoms. The largest absolute Gasteiger partial charge is 0.497 e. The zero-order valence-electron chi connectivity index (χ0n) is 45.7. The van der Waals surface area contributed by atoms with Gasteiger partial charge in [0.2, 0.25) is 11.8 Å². The normalized spacial score (nSPS) is 12.1. The van der Waals surface area contributed by atoms with Gasteiger partial charge in [0.25, 0.3) is 8.53 Å². The molecule has 6 aromatic rings. The van der Waals surface area contributed by atoms with Gasteiger partial charge in [-0.2, -0.15) is 5.26 Å². The molecule has 0 saturated carbocycles. The van der Waals surface area contributed by atoms with Crippen LogP contribution in [0.3, 0.4) is 0 Å². The number of ether oxygens (including phenoxy) is 6. The van der Waals surface area contributed by atoms with Crippen molar-refractivity contribution in [3.8, 4) is 29.1 Å². The van der Waals surface area contributed by atoms with E-state index in [-0.39, 0.29) is 76.1 Å². The zero-order valence-corrected chi connectivity index (χ0v) is 46.6. The van der Waals surface area contributed by atoms with Crippen LogP contribution in [-0.2, 0) is 39.3 Å². The Morgan fingerprint density at radius 1 is 0.506 bits per heavy atom. The predicted molar refractivity (Wildman–Crippen MR) is 301 cm³/mol. The summed E-state index contributed by atoms with van der Waals surface area (Å²) in [6, 6.07) is 53.5. The maximum absolute atomic E-state index is 13.8. The van der Waals surface area contributed by atoms with Crippen molar-refractivity contribution in [2.24, 2.45) is 0 Å². The summed E-state index contributed by atoms with van der Waals surface area (Å²) in [4.78, 5) is 27.6. The molecule has 0 spiro atoms. The third-order valence-corrected chi connectivity index (χ3v) is 15.2. The first-order valence-electron chi connectivity index (χ1n) is 26.2. The summed E-state index contributed by atoms with van der Waals surface area (Å²) in [5, 5.41) is 15.5. The minimum Gasteiger partial charge on any atom is -0.497 e. The standard InChI is InChI=1S/C62H75N4O10P/c1-46(2)66(47(3)4)77(75-43-17-40-63)76-58(44-64-59(67)22-15-41-73-61(48-18-11-9-12-19-48,50-24-32-54(69-5)33-25-50)51-26-34-55(70-6)35-27-51)45-65-60(68)23-16-42-74-62(49-20-13-10-14-21-49,52-28-36-56(71-7)37-29-52)53-30-38-57(72-8)39-31-53/h9-14,18-21,24-39,46-47,58H,15-17,22-23,41-45H2,1-8H3,(H,64,67)(H,65,68). The van der Waals surface area contributed by atoms with E-state index in [2.05, 4.69) is 49.1 Å². The summed E-state index contributed by atoms with van der Waals surface area (Å²) in [5.41, 5.74) is 3.34. The number of nitrogens with zero attached hydrogens (tertiary/aromatic N) is 2. The van der Waals surface area contributed by atoms with Gasteiger partial charge >= 0.3 is 0 Å². The number of amides is 2. The second-order valence-corrected chi connectivity index (χ2v) is 20.2. The van der Waals surface area contributed by atoms with Gasteiger partial charge in [0.1, 0.15) is 40.3 Å². The number of nitrogens with one attached hydrogen (secondary N) is 2. The molecule has 2 amide bonds. The van der Waals surface area contributed by atoms with Gasteiger partial charge < -0.3 is 48.1 Å². The van der Waals surface area contributed by atoms with Crippen molar-refractivity contribution in [1.29, 1.82) is 5.26 Å². The van der Waals surface area contributed by atoms with Gasteiger partial charge in [-0.3, -0.25) is 9.59 Å². The third-order valence-electron chi connectivity index (χ3n) is 13.0. The fraction of sp³-hybridized carbons (Fsp3) is 0.371. The van der Waals surface area contributed by atoms with Gasteiger partial charge in [0.15, 0.2) is 0 Å². The van der Waals surface area contributed by atoms with Crippen LogP contribution in [0.5, 0.6) is 23.0 Å². The highest BCUT2D eigenvalue weighted by molar-refractivity contribution is 7.44. The van der Waals surface area contributed by atoms with E-state index in [1.54, 1.807) is 28.4 Å². The average molecular weight is 1070 g/mol. The lowest BCUT2D eigenvalue weighted by Crippen LogP contribution is -2.43. The molecule has 0 aliphatic heterocycles.